The Morgan fingerprint density at radius 1 is 1.45 bits per heavy atom. The van der Waals surface area contributed by atoms with Crippen LogP contribution in [0.15, 0.2) is 0 Å². The highest BCUT2D eigenvalue weighted by atomic mass is 35.5. The predicted octanol–water partition coefficient (Wildman–Crippen LogP) is 1.54. The van der Waals surface area contributed by atoms with Gasteiger partial charge in [0.25, 0.3) is 0 Å². The first kappa shape index (κ1) is 9.30. The molecule has 1 atom stereocenters. The largest absolute Gasteiger partial charge is 0.359 e. The van der Waals surface area contributed by atoms with E-state index in [1.54, 1.807) is 0 Å². The van der Waals surface area contributed by atoms with E-state index in [9.17, 15) is 0 Å². The summed E-state index contributed by atoms with van der Waals surface area (Å²) >= 11 is 0. The fourth-order valence-electron chi connectivity index (χ4n) is 1.83. The smallest absolute Gasteiger partial charge is 0.119 e. The first-order valence-corrected chi connectivity index (χ1v) is 4.20. The molecule has 1 heterocycles. The zero-order chi connectivity index (χ0) is 7.03. The maximum atomic E-state index is 5.63. The minimum absolute atomic E-state index is 0. The van der Waals surface area contributed by atoms with Gasteiger partial charge in [-0.15, -0.1) is 12.4 Å². The van der Waals surface area contributed by atoms with Crippen LogP contribution in [-0.2, 0) is 4.74 Å². The van der Waals surface area contributed by atoms with Crippen molar-refractivity contribution < 1.29 is 4.74 Å². The molecule has 1 saturated heterocycles. The maximum absolute atomic E-state index is 5.63. The van der Waals surface area contributed by atoms with Crippen molar-refractivity contribution >= 4 is 12.4 Å². The molecule has 2 nitrogen and oxygen atoms in total. The van der Waals surface area contributed by atoms with Crippen molar-refractivity contribution in [1.82, 2.24) is 5.32 Å². The van der Waals surface area contributed by atoms with Crippen LogP contribution in [0.25, 0.3) is 0 Å². The summed E-state index contributed by atoms with van der Waals surface area (Å²) < 4.78 is 5.63. The minimum Gasteiger partial charge on any atom is -0.359 e. The van der Waals surface area contributed by atoms with E-state index >= 15 is 0 Å². The Hall–Kier alpha value is 0.210. The van der Waals surface area contributed by atoms with Crippen LogP contribution in [0.5, 0.6) is 0 Å². The normalized spacial score (nSPS) is 37.9. The molecule has 1 aliphatic carbocycles. The zero-order valence-electron chi connectivity index (χ0n) is 6.93. The third-order valence-electron chi connectivity index (χ3n) is 2.86. The van der Waals surface area contributed by atoms with Gasteiger partial charge in [0, 0.05) is 12.5 Å². The van der Waals surface area contributed by atoms with Crippen LogP contribution in [0.2, 0.25) is 0 Å². The number of rotatable bonds is 1. The first-order valence-electron chi connectivity index (χ1n) is 4.20. The van der Waals surface area contributed by atoms with E-state index in [2.05, 4.69) is 12.2 Å². The molecular formula is C8H16ClNO. The van der Waals surface area contributed by atoms with Crippen LogP contribution in [0.1, 0.15) is 26.2 Å². The van der Waals surface area contributed by atoms with Crippen molar-refractivity contribution in [3.05, 3.63) is 0 Å². The van der Waals surface area contributed by atoms with Crippen molar-refractivity contribution in [3.8, 4) is 0 Å². The Kier molecular flexibility index (Phi) is 2.79. The number of hydrogen-bond acceptors (Lipinski definition) is 2. The highest BCUT2D eigenvalue weighted by Crippen LogP contribution is 2.37. The Bertz CT molecular complexity index is 130. The Balaban J connectivity index is 0.000000605. The van der Waals surface area contributed by atoms with Gasteiger partial charge in [0.05, 0.1) is 6.61 Å². The standard InChI is InChI=1S/C8H15NO.ClH/c1-8(7-3-2-4-7)9-5-6-10-8;/h7,9H,2-6H2,1H3;1H. The van der Waals surface area contributed by atoms with E-state index in [0.29, 0.717) is 0 Å². The molecule has 0 spiro atoms. The molecule has 1 N–H and O–H groups in total. The van der Waals surface area contributed by atoms with Crippen LogP contribution < -0.4 is 5.32 Å². The van der Waals surface area contributed by atoms with Crippen LogP contribution in [0.3, 0.4) is 0 Å². The van der Waals surface area contributed by atoms with Crippen molar-refractivity contribution in [2.24, 2.45) is 5.92 Å². The van der Waals surface area contributed by atoms with Crippen molar-refractivity contribution in [2.45, 2.75) is 31.9 Å². The molecule has 2 fully saturated rings. The fourth-order valence-corrected chi connectivity index (χ4v) is 1.83. The van der Waals surface area contributed by atoms with Gasteiger partial charge in [-0.1, -0.05) is 6.42 Å². The molecular weight excluding hydrogens is 162 g/mol. The van der Waals surface area contributed by atoms with E-state index in [-0.39, 0.29) is 18.1 Å². The minimum atomic E-state index is 0. The topological polar surface area (TPSA) is 21.3 Å². The average Bonchev–Trinajstić information content (AvgIpc) is 2.09. The fraction of sp³-hybridized carbons (Fsp3) is 1.00. The van der Waals surface area contributed by atoms with E-state index < -0.39 is 0 Å². The lowest BCUT2D eigenvalue weighted by Crippen LogP contribution is -2.47. The van der Waals surface area contributed by atoms with Gasteiger partial charge in [0.1, 0.15) is 5.72 Å². The van der Waals surface area contributed by atoms with Gasteiger partial charge in [-0.2, -0.15) is 0 Å². The molecule has 2 rings (SSSR count). The second kappa shape index (κ2) is 3.30. The molecule has 1 unspecified atom stereocenters. The summed E-state index contributed by atoms with van der Waals surface area (Å²) in [4.78, 5) is 0. The third-order valence-corrected chi connectivity index (χ3v) is 2.86. The maximum Gasteiger partial charge on any atom is 0.119 e. The first-order chi connectivity index (χ1) is 4.81. The summed E-state index contributed by atoms with van der Waals surface area (Å²) in [5.41, 5.74) is 0.0399. The van der Waals surface area contributed by atoms with Gasteiger partial charge >= 0.3 is 0 Å². The molecule has 66 valence electrons. The molecule has 0 amide bonds. The summed E-state index contributed by atoms with van der Waals surface area (Å²) in [7, 11) is 0. The molecule has 0 bridgehead atoms. The summed E-state index contributed by atoms with van der Waals surface area (Å²) in [6.07, 6.45) is 4.10. The second-order valence-electron chi connectivity index (χ2n) is 3.51. The van der Waals surface area contributed by atoms with Gasteiger partial charge in [0.15, 0.2) is 0 Å². The highest BCUT2D eigenvalue weighted by Gasteiger charge is 2.40. The van der Waals surface area contributed by atoms with Crippen molar-refractivity contribution in [3.63, 3.8) is 0 Å². The highest BCUT2D eigenvalue weighted by molar-refractivity contribution is 5.85. The molecule has 0 radical (unpaired) electrons. The van der Waals surface area contributed by atoms with Gasteiger partial charge in [-0.3, -0.25) is 5.32 Å². The monoisotopic (exact) mass is 177 g/mol. The molecule has 0 aromatic rings. The molecule has 0 aromatic carbocycles. The Morgan fingerprint density at radius 2 is 2.18 bits per heavy atom. The number of hydrogen-bond donors (Lipinski definition) is 1. The second-order valence-corrected chi connectivity index (χ2v) is 3.51. The third kappa shape index (κ3) is 1.53. The lowest BCUT2D eigenvalue weighted by atomic mass is 9.78. The SMILES string of the molecule is CC1(C2CCC2)NCCO1.Cl. The van der Waals surface area contributed by atoms with Gasteiger partial charge in [-0.05, 0) is 19.8 Å². The van der Waals surface area contributed by atoms with Crippen molar-refractivity contribution in [2.75, 3.05) is 13.2 Å². The summed E-state index contributed by atoms with van der Waals surface area (Å²) in [6.45, 7) is 4.11. The van der Waals surface area contributed by atoms with Gasteiger partial charge in [-0.25, -0.2) is 0 Å². The van der Waals surface area contributed by atoms with E-state index in [4.69, 9.17) is 4.74 Å². The van der Waals surface area contributed by atoms with Gasteiger partial charge < -0.3 is 4.74 Å². The Labute approximate surface area is 74.1 Å². The van der Waals surface area contributed by atoms with E-state index in [1.165, 1.54) is 19.3 Å². The number of halogens is 1. The quantitative estimate of drug-likeness (QED) is 0.656. The molecule has 11 heavy (non-hydrogen) atoms. The summed E-state index contributed by atoms with van der Waals surface area (Å²) in [5, 5.41) is 3.41. The predicted molar refractivity (Wildman–Crippen MR) is 46.9 cm³/mol. The lowest BCUT2D eigenvalue weighted by Gasteiger charge is -2.39. The van der Waals surface area contributed by atoms with Crippen LogP contribution in [0.4, 0.5) is 0 Å². The van der Waals surface area contributed by atoms with Crippen LogP contribution in [0, 0.1) is 5.92 Å². The zero-order valence-corrected chi connectivity index (χ0v) is 7.75. The van der Waals surface area contributed by atoms with Crippen LogP contribution >= 0.6 is 12.4 Å². The molecule has 2 aliphatic rings. The van der Waals surface area contributed by atoms with Crippen LogP contribution in [-0.4, -0.2) is 18.9 Å². The lowest BCUT2D eigenvalue weighted by molar-refractivity contribution is -0.0693. The molecule has 0 aromatic heterocycles. The van der Waals surface area contributed by atoms with Crippen molar-refractivity contribution in [1.29, 1.82) is 0 Å². The number of nitrogens with one attached hydrogen (secondary N) is 1. The summed E-state index contributed by atoms with van der Waals surface area (Å²) in [5.74, 6) is 0.787. The molecule has 1 saturated carbocycles. The molecule has 1 aliphatic heterocycles. The van der Waals surface area contributed by atoms with E-state index in [0.717, 1.165) is 19.1 Å². The summed E-state index contributed by atoms with van der Waals surface area (Å²) in [6, 6.07) is 0. The van der Waals surface area contributed by atoms with E-state index in [1.807, 2.05) is 0 Å². The average molecular weight is 178 g/mol. The molecule has 3 heteroatoms. The number of ether oxygens (including phenoxy) is 1. The Morgan fingerprint density at radius 3 is 2.55 bits per heavy atom. The van der Waals surface area contributed by atoms with Gasteiger partial charge in [0.2, 0.25) is 0 Å².